The maximum atomic E-state index is 9.71. The van der Waals surface area contributed by atoms with E-state index in [1.165, 1.54) is 5.57 Å². The van der Waals surface area contributed by atoms with E-state index in [-0.39, 0.29) is 5.75 Å². The first kappa shape index (κ1) is 16.3. The molecule has 0 fully saturated rings. The Kier molecular flexibility index (Phi) is 4.36. The van der Waals surface area contributed by atoms with E-state index < -0.39 is 0 Å². The number of hydrogen-bond acceptors (Lipinski definition) is 3. The molecule has 130 valence electrons. The molecule has 0 aromatic heterocycles. The molecule has 0 unspecified atom stereocenters. The predicted octanol–water partition coefficient (Wildman–Crippen LogP) is 5.14. The molecule has 0 saturated carbocycles. The first-order valence-corrected chi connectivity index (χ1v) is 8.66. The minimum atomic E-state index is 0.256. The SMILES string of the molecule is COc1ccccc1C1=C(c2ccc(O)cc2)c2ccccc2OCC1. The molecule has 1 aliphatic heterocycles. The largest absolute Gasteiger partial charge is 0.508 e. The molecule has 0 atom stereocenters. The van der Waals surface area contributed by atoms with Crippen molar-refractivity contribution in [2.75, 3.05) is 13.7 Å². The molecular weight excluding hydrogens is 324 g/mol. The van der Waals surface area contributed by atoms with Crippen LogP contribution in [0, 0.1) is 0 Å². The van der Waals surface area contributed by atoms with Crippen LogP contribution in [0.5, 0.6) is 17.2 Å². The Balaban J connectivity index is 2.03. The summed E-state index contributed by atoms with van der Waals surface area (Å²) in [5.41, 5.74) is 5.46. The van der Waals surface area contributed by atoms with Gasteiger partial charge in [0, 0.05) is 17.5 Å². The van der Waals surface area contributed by atoms with E-state index in [1.54, 1.807) is 19.2 Å². The molecule has 1 aliphatic rings. The summed E-state index contributed by atoms with van der Waals surface area (Å²) in [6.07, 6.45) is 0.769. The molecule has 0 amide bonds. The predicted molar refractivity (Wildman–Crippen MR) is 104 cm³/mol. The van der Waals surface area contributed by atoms with Crippen molar-refractivity contribution in [1.82, 2.24) is 0 Å². The molecule has 1 heterocycles. The van der Waals surface area contributed by atoms with Gasteiger partial charge in [-0.2, -0.15) is 0 Å². The number of fused-ring (bicyclic) bond motifs is 1. The van der Waals surface area contributed by atoms with Gasteiger partial charge in [0.2, 0.25) is 0 Å². The lowest BCUT2D eigenvalue weighted by Gasteiger charge is -2.17. The van der Waals surface area contributed by atoms with Crippen LogP contribution in [-0.2, 0) is 0 Å². The van der Waals surface area contributed by atoms with Gasteiger partial charge in [0.1, 0.15) is 17.2 Å². The molecule has 3 heteroatoms. The Labute approximate surface area is 153 Å². The third-order valence-corrected chi connectivity index (χ3v) is 4.66. The number of para-hydroxylation sites is 2. The van der Waals surface area contributed by atoms with Crippen LogP contribution in [0.15, 0.2) is 72.8 Å². The quantitative estimate of drug-likeness (QED) is 0.715. The number of ether oxygens (including phenoxy) is 2. The van der Waals surface area contributed by atoms with Crippen LogP contribution in [0.4, 0.5) is 0 Å². The van der Waals surface area contributed by atoms with Gasteiger partial charge in [-0.3, -0.25) is 0 Å². The maximum absolute atomic E-state index is 9.71. The fourth-order valence-corrected chi connectivity index (χ4v) is 3.47. The first-order chi connectivity index (χ1) is 12.8. The molecule has 0 radical (unpaired) electrons. The van der Waals surface area contributed by atoms with Crippen molar-refractivity contribution in [3.05, 3.63) is 89.5 Å². The zero-order chi connectivity index (χ0) is 17.9. The van der Waals surface area contributed by atoms with Crippen molar-refractivity contribution in [3.8, 4) is 17.2 Å². The molecule has 4 rings (SSSR count). The summed E-state index contributed by atoms with van der Waals surface area (Å²) < 4.78 is 11.6. The molecule has 3 aromatic carbocycles. The molecule has 3 nitrogen and oxygen atoms in total. The summed E-state index contributed by atoms with van der Waals surface area (Å²) in [6, 6.07) is 23.5. The summed E-state index contributed by atoms with van der Waals surface area (Å²) in [6.45, 7) is 0.603. The number of hydrogen-bond donors (Lipinski definition) is 1. The van der Waals surface area contributed by atoms with Crippen LogP contribution < -0.4 is 9.47 Å². The molecular formula is C23H20O3. The fraction of sp³-hybridized carbons (Fsp3) is 0.130. The second kappa shape index (κ2) is 6.96. The van der Waals surface area contributed by atoms with Gasteiger partial charge < -0.3 is 14.6 Å². The zero-order valence-electron chi connectivity index (χ0n) is 14.6. The van der Waals surface area contributed by atoms with E-state index in [0.29, 0.717) is 6.61 Å². The van der Waals surface area contributed by atoms with Gasteiger partial charge in [-0.05, 0) is 41.0 Å². The lowest BCUT2D eigenvalue weighted by Crippen LogP contribution is -1.98. The number of phenols is 1. The van der Waals surface area contributed by atoms with Crippen LogP contribution in [0.2, 0.25) is 0 Å². The zero-order valence-corrected chi connectivity index (χ0v) is 14.6. The Morgan fingerprint density at radius 1 is 0.846 bits per heavy atom. The second-order valence-corrected chi connectivity index (χ2v) is 6.20. The summed E-state index contributed by atoms with van der Waals surface area (Å²) in [4.78, 5) is 0. The van der Waals surface area contributed by atoms with Gasteiger partial charge in [-0.1, -0.05) is 48.5 Å². The average molecular weight is 344 g/mol. The van der Waals surface area contributed by atoms with E-state index in [2.05, 4.69) is 12.1 Å². The van der Waals surface area contributed by atoms with E-state index in [4.69, 9.17) is 9.47 Å². The lowest BCUT2D eigenvalue weighted by atomic mass is 9.88. The third kappa shape index (κ3) is 2.93. The van der Waals surface area contributed by atoms with Crippen LogP contribution in [-0.4, -0.2) is 18.8 Å². The highest BCUT2D eigenvalue weighted by atomic mass is 16.5. The number of benzene rings is 3. The minimum absolute atomic E-state index is 0.256. The van der Waals surface area contributed by atoms with Gasteiger partial charge in [0.15, 0.2) is 0 Å². The maximum Gasteiger partial charge on any atom is 0.127 e. The Morgan fingerprint density at radius 3 is 2.31 bits per heavy atom. The van der Waals surface area contributed by atoms with Crippen LogP contribution >= 0.6 is 0 Å². The minimum Gasteiger partial charge on any atom is -0.508 e. The van der Waals surface area contributed by atoms with Crippen molar-refractivity contribution in [2.45, 2.75) is 6.42 Å². The third-order valence-electron chi connectivity index (χ3n) is 4.66. The van der Waals surface area contributed by atoms with Crippen LogP contribution in [0.25, 0.3) is 11.1 Å². The van der Waals surface area contributed by atoms with Crippen molar-refractivity contribution in [3.63, 3.8) is 0 Å². The summed E-state index contributed by atoms with van der Waals surface area (Å²) >= 11 is 0. The smallest absolute Gasteiger partial charge is 0.127 e. The van der Waals surface area contributed by atoms with Crippen molar-refractivity contribution >= 4 is 11.1 Å². The standard InChI is InChI=1S/C23H20O3/c1-25-21-8-4-2-6-18(21)19-14-15-26-22-9-5-3-7-20(22)23(19)16-10-12-17(24)13-11-16/h2-13,24H,14-15H2,1H3. The molecule has 26 heavy (non-hydrogen) atoms. The van der Waals surface area contributed by atoms with Crippen molar-refractivity contribution < 1.29 is 14.6 Å². The number of phenolic OH excluding ortho intramolecular Hbond substituents is 1. The molecule has 0 bridgehead atoms. The number of rotatable bonds is 3. The average Bonchev–Trinajstić information content (AvgIpc) is 2.88. The second-order valence-electron chi connectivity index (χ2n) is 6.20. The fourth-order valence-electron chi connectivity index (χ4n) is 3.47. The van der Waals surface area contributed by atoms with Crippen molar-refractivity contribution in [1.29, 1.82) is 0 Å². The van der Waals surface area contributed by atoms with Gasteiger partial charge in [-0.15, -0.1) is 0 Å². The summed E-state index contributed by atoms with van der Waals surface area (Å²) in [5, 5.41) is 9.71. The molecule has 0 aliphatic carbocycles. The van der Waals surface area contributed by atoms with E-state index in [1.807, 2.05) is 48.5 Å². The number of aromatic hydroxyl groups is 1. The van der Waals surface area contributed by atoms with Gasteiger partial charge in [-0.25, -0.2) is 0 Å². The van der Waals surface area contributed by atoms with Gasteiger partial charge in [0.25, 0.3) is 0 Å². The van der Waals surface area contributed by atoms with Gasteiger partial charge in [0.05, 0.1) is 13.7 Å². The van der Waals surface area contributed by atoms with E-state index in [9.17, 15) is 5.11 Å². The Bertz CT molecular complexity index is 955. The molecule has 1 N–H and O–H groups in total. The van der Waals surface area contributed by atoms with Gasteiger partial charge >= 0.3 is 0 Å². The van der Waals surface area contributed by atoms with Crippen LogP contribution in [0.3, 0.4) is 0 Å². The summed E-state index contributed by atoms with van der Waals surface area (Å²) in [5.74, 6) is 1.98. The normalized spacial score (nSPS) is 13.6. The molecule has 3 aromatic rings. The first-order valence-electron chi connectivity index (χ1n) is 8.66. The molecule has 0 spiro atoms. The lowest BCUT2D eigenvalue weighted by molar-refractivity contribution is 0.328. The monoisotopic (exact) mass is 344 g/mol. The Morgan fingerprint density at radius 2 is 1.54 bits per heavy atom. The van der Waals surface area contributed by atoms with Crippen LogP contribution in [0.1, 0.15) is 23.1 Å². The highest BCUT2D eigenvalue weighted by Gasteiger charge is 2.22. The molecule has 0 saturated heterocycles. The Hall–Kier alpha value is -3.20. The summed E-state index contributed by atoms with van der Waals surface area (Å²) in [7, 11) is 1.70. The van der Waals surface area contributed by atoms with E-state index in [0.717, 1.165) is 40.2 Å². The highest BCUT2D eigenvalue weighted by molar-refractivity contribution is 6.01. The van der Waals surface area contributed by atoms with E-state index >= 15 is 0 Å². The topological polar surface area (TPSA) is 38.7 Å². The van der Waals surface area contributed by atoms with Crippen molar-refractivity contribution in [2.24, 2.45) is 0 Å². The highest BCUT2D eigenvalue weighted by Crippen LogP contribution is 2.43. The number of methoxy groups -OCH3 is 1.